The van der Waals surface area contributed by atoms with Crippen molar-refractivity contribution in [2.75, 3.05) is 4.90 Å². The number of para-hydroxylation sites is 2. The van der Waals surface area contributed by atoms with Crippen molar-refractivity contribution in [2.45, 2.75) is 24.7 Å². The number of ether oxygens (including phenoxy) is 1. The van der Waals surface area contributed by atoms with E-state index in [1.807, 2.05) is 11.3 Å². The first-order chi connectivity index (χ1) is 30.5. The molecule has 0 bridgehead atoms. The third kappa shape index (κ3) is 4.34. The molecule has 2 aromatic heterocycles. The van der Waals surface area contributed by atoms with E-state index >= 15 is 0 Å². The number of furan rings is 1. The highest BCUT2D eigenvalue weighted by molar-refractivity contribution is 7.25. The van der Waals surface area contributed by atoms with E-state index in [-0.39, 0.29) is 5.41 Å². The second-order valence-electron chi connectivity index (χ2n) is 17.6. The number of fused-ring (bicyclic) bond motifs is 18. The predicted octanol–water partition coefficient (Wildman–Crippen LogP) is 16.2. The first kappa shape index (κ1) is 34.3. The minimum Gasteiger partial charge on any atom is -0.457 e. The molecule has 2 aliphatic carbocycles. The van der Waals surface area contributed by atoms with Crippen LogP contribution in [-0.2, 0) is 10.8 Å². The van der Waals surface area contributed by atoms with Crippen LogP contribution in [0.25, 0.3) is 64.4 Å². The fourth-order valence-corrected chi connectivity index (χ4v) is 12.6. The molecule has 3 heterocycles. The maximum absolute atomic E-state index is 7.05. The molecule has 1 spiro atoms. The van der Waals surface area contributed by atoms with E-state index in [0.29, 0.717) is 0 Å². The van der Waals surface area contributed by atoms with Gasteiger partial charge >= 0.3 is 0 Å². The molecule has 0 radical (unpaired) electrons. The summed E-state index contributed by atoms with van der Waals surface area (Å²) in [6, 6.07) is 69.0. The summed E-state index contributed by atoms with van der Waals surface area (Å²) >= 11 is 1.86. The minimum absolute atomic E-state index is 0.150. The second kappa shape index (κ2) is 12.1. The van der Waals surface area contributed by atoms with Gasteiger partial charge in [0.25, 0.3) is 0 Å². The Morgan fingerprint density at radius 1 is 0.419 bits per heavy atom. The lowest BCUT2D eigenvalue weighted by Crippen LogP contribution is -2.32. The molecular formula is C58H37NO2S. The Labute approximate surface area is 362 Å². The van der Waals surface area contributed by atoms with Gasteiger partial charge in [0.2, 0.25) is 0 Å². The maximum atomic E-state index is 7.05. The third-order valence-electron chi connectivity index (χ3n) is 14.1. The van der Waals surface area contributed by atoms with Crippen LogP contribution in [0.3, 0.4) is 0 Å². The molecule has 0 fully saturated rings. The molecule has 0 unspecified atom stereocenters. The quantitative estimate of drug-likeness (QED) is 0.178. The van der Waals surface area contributed by atoms with E-state index in [1.165, 1.54) is 64.7 Å². The number of hydrogen-bond donors (Lipinski definition) is 0. The van der Waals surface area contributed by atoms with E-state index in [9.17, 15) is 0 Å². The van der Waals surface area contributed by atoms with Crippen LogP contribution >= 0.6 is 11.3 Å². The first-order valence-electron chi connectivity index (χ1n) is 21.4. The minimum atomic E-state index is -0.576. The van der Waals surface area contributed by atoms with Crippen molar-refractivity contribution in [1.29, 1.82) is 0 Å². The summed E-state index contributed by atoms with van der Waals surface area (Å²) in [5.74, 6) is 1.76. The lowest BCUT2D eigenvalue weighted by Gasteiger charge is -2.39. The van der Waals surface area contributed by atoms with Crippen LogP contribution in [0.1, 0.15) is 47.2 Å². The van der Waals surface area contributed by atoms with Gasteiger partial charge in [-0.15, -0.1) is 11.3 Å². The fourth-order valence-electron chi connectivity index (χ4n) is 11.4. The Kier molecular flexibility index (Phi) is 6.71. The smallest absolute Gasteiger partial charge is 0.137 e. The van der Waals surface area contributed by atoms with Gasteiger partial charge in [0, 0.05) is 53.5 Å². The molecule has 4 heteroatoms. The molecule has 3 nitrogen and oxygen atoms in total. The van der Waals surface area contributed by atoms with Gasteiger partial charge in [0.15, 0.2) is 0 Å². The average molecular weight is 812 g/mol. The van der Waals surface area contributed by atoms with Crippen LogP contribution in [0, 0.1) is 0 Å². The van der Waals surface area contributed by atoms with Gasteiger partial charge in [-0.1, -0.05) is 135 Å². The monoisotopic (exact) mass is 811 g/mol. The molecule has 1 aliphatic heterocycles. The van der Waals surface area contributed by atoms with Crippen molar-refractivity contribution < 1.29 is 9.15 Å². The van der Waals surface area contributed by atoms with Crippen LogP contribution < -0.4 is 9.64 Å². The summed E-state index contributed by atoms with van der Waals surface area (Å²) < 4.78 is 16.2. The standard InChI is InChI=1S/C58H37NO2S/c1-57(2)43-17-6-3-14-36(43)38-28-26-34(30-47(38)57)59(35-27-29-40-39-16-5-12-25-54(39)62-55(40)31-35)49-21-13-24-52-56(49)42-32-41-37-15-4-7-18-44(37)58(48(41)33-53(42)61-52)45-19-8-10-22-50(45)60-51-23-11-9-20-46(51)58/h3-33H,1-2H3. The average Bonchev–Trinajstić information content (AvgIpc) is 4.02. The molecule has 9 aromatic carbocycles. The second-order valence-corrected chi connectivity index (χ2v) is 18.6. The number of thiophene rings is 1. The van der Waals surface area contributed by atoms with Gasteiger partial charge in [0.1, 0.15) is 22.7 Å². The lowest BCUT2D eigenvalue weighted by molar-refractivity contribution is 0.436. The highest BCUT2D eigenvalue weighted by Gasteiger charge is 2.51. The summed E-state index contributed by atoms with van der Waals surface area (Å²) in [6.07, 6.45) is 0. The first-order valence-corrected chi connectivity index (χ1v) is 22.2. The van der Waals surface area contributed by atoms with Crippen LogP contribution in [0.4, 0.5) is 17.1 Å². The largest absolute Gasteiger partial charge is 0.457 e. The zero-order valence-electron chi connectivity index (χ0n) is 34.1. The Morgan fingerprint density at radius 3 is 1.85 bits per heavy atom. The van der Waals surface area contributed by atoms with E-state index < -0.39 is 5.41 Å². The van der Waals surface area contributed by atoms with Crippen molar-refractivity contribution >= 4 is 70.5 Å². The fraction of sp³-hybridized carbons (Fsp3) is 0.0690. The summed E-state index contributed by atoms with van der Waals surface area (Å²) in [5, 5.41) is 4.77. The van der Waals surface area contributed by atoms with Crippen molar-refractivity contribution in [3.8, 4) is 33.8 Å². The van der Waals surface area contributed by atoms with Gasteiger partial charge in [0.05, 0.1) is 16.5 Å². The molecule has 0 atom stereocenters. The maximum Gasteiger partial charge on any atom is 0.137 e. The lowest BCUT2D eigenvalue weighted by atomic mass is 9.66. The Balaban J connectivity index is 1.04. The molecule has 0 saturated heterocycles. The van der Waals surface area contributed by atoms with E-state index in [2.05, 4.69) is 207 Å². The van der Waals surface area contributed by atoms with Gasteiger partial charge < -0.3 is 14.1 Å². The van der Waals surface area contributed by atoms with Crippen molar-refractivity contribution in [2.24, 2.45) is 0 Å². The summed E-state index contributed by atoms with van der Waals surface area (Å²) in [7, 11) is 0. The Hall–Kier alpha value is -7.40. The van der Waals surface area contributed by atoms with Gasteiger partial charge in [-0.25, -0.2) is 0 Å². The van der Waals surface area contributed by atoms with E-state index in [0.717, 1.165) is 61.6 Å². The van der Waals surface area contributed by atoms with Crippen LogP contribution in [0.2, 0.25) is 0 Å². The van der Waals surface area contributed by atoms with Crippen molar-refractivity contribution in [3.63, 3.8) is 0 Å². The predicted molar refractivity (Wildman–Crippen MR) is 256 cm³/mol. The molecule has 0 amide bonds. The molecule has 0 N–H and O–H groups in total. The highest BCUT2D eigenvalue weighted by Crippen LogP contribution is 2.63. The number of hydrogen-bond acceptors (Lipinski definition) is 4. The topological polar surface area (TPSA) is 25.6 Å². The molecule has 14 rings (SSSR count). The number of benzene rings is 9. The number of anilines is 3. The third-order valence-corrected chi connectivity index (χ3v) is 15.3. The molecular weight excluding hydrogens is 775 g/mol. The van der Waals surface area contributed by atoms with Crippen molar-refractivity contribution in [1.82, 2.24) is 0 Å². The highest BCUT2D eigenvalue weighted by atomic mass is 32.1. The normalized spacial score (nSPS) is 14.7. The summed E-state index contributed by atoms with van der Waals surface area (Å²) in [6.45, 7) is 4.72. The zero-order chi connectivity index (χ0) is 40.9. The molecule has 11 aromatic rings. The number of rotatable bonds is 3. The molecule has 0 saturated carbocycles. The van der Waals surface area contributed by atoms with Crippen LogP contribution in [0.15, 0.2) is 192 Å². The molecule has 292 valence electrons. The van der Waals surface area contributed by atoms with E-state index in [4.69, 9.17) is 9.15 Å². The van der Waals surface area contributed by atoms with Gasteiger partial charge in [-0.05, 0) is 111 Å². The summed E-state index contributed by atoms with van der Waals surface area (Å²) in [4.78, 5) is 2.47. The zero-order valence-corrected chi connectivity index (χ0v) is 34.9. The van der Waals surface area contributed by atoms with Crippen LogP contribution in [-0.4, -0.2) is 0 Å². The van der Waals surface area contributed by atoms with Gasteiger partial charge in [-0.3, -0.25) is 0 Å². The van der Waals surface area contributed by atoms with Gasteiger partial charge in [-0.2, -0.15) is 0 Å². The molecule has 3 aliphatic rings. The Bertz CT molecular complexity index is 3690. The Morgan fingerprint density at radius 2 is 1.05 bits per heavy atom. The van der Waals surface area contributed by atoms with Crippen molar-refractivity contribution in [3.05, 3.63) is 221 Å². The summed E-state index contributed by atoms with van der Waals surface area (Å²) in [5.41, 5.74) is 16.9. The van der Waals surface area contributed by atoms with Crippen LogP contribution in [0.5, 0.6) is 11.5 Å². The SMILES string of the molecule is CC1(C)c2ccccc2-c2ccc(N(c3ccc4c(c3)sc3ccccc34)c3cccc4oc5cc6c(cc5c34)-c3ccccc3C63c4ccccc4Oc4ccccc43)cc21. The van der Waals surface area contributed by atoms with E-state index in [1.54, 1.807) is 0 Å². The number of nitrogens with zero attached hydrogens (tertiary/aromatic N) is 1. The molecule has 62 heavy (non-hydrogen) atoms.